The molecule has 0 spiro atoms. The Hall–Kier alpha value is -3.70. The predicted molar refractivity (Wildman–Crippen MR) is 131 cm³/mol. The molecule has 0 unspecified atom stereocenters. The van der Waals surface area contributed by atoms with E-state index in [-0.39, 0.29) is 22.6 Å². The highest BCUT2D eigenvalue weighted by atomic mass is 32.2. The fourth-order valence-electron chi connectivity index (χ4n) is 3.18. The van der Waals surface area contributed by atoms with Gasteiger partial charge in [0.2, 0.25) is 15.9 Å². The standard InChI is InChI=1S/C25H26F2N4O4S/c1-25(2,16-26)31-36(34,35)21-12-10-19(11-13-21)29-24(33)22(15-20-5-3-4-14-28-20)30-23(32)17-6-8-18(27)9-7-17/h3-14,22,31H,15-16H2,1-2H3,(H,29,33)(H,30,32)/t22-/m0/s1. The zero-order chi connectivity index (χ0) is 26.3. The summed E-state index contributed by atoms with van der Waals surface area (Å²) in [5, 5.41) is 5.28. The van der Waals surface area contributed by atoms with Crippen molar-refractivity contribution in [3.05, 3.63) is 90.0 Å². The monoisotopic (exact) mass is 516 g/mol. The zero-order valence-electron chi connectivity index (χ0n) is 19.7. The molecular formula is C25H26F2N4O4S. The van der Waals surface area contributed by atoms with Crippen molar-refractivity contribution in [3.63, 3.8) is 0 Å². The molecule has 0 aliphatic heterocycles. The molecule has 0 aliphatic rings. The number of halogens is 2. The normalized spacial score (nSPS) is 12.6. The summed E-state index contributed by atoms with van der Waals surface area (Å²) in [5.74, 6) is -1.64. The van der Waals surface area contributed by atoms with Gasteiger partial charge in [-0.25, -0.2) is 21.9 Å². The third-order valence-corrected chi connectivity index (χ3v) is 6.76. The molecule has 0 saturated carbocycles. The van der Waals surface area contributed by atoms with Gasteiger partial charge in [-0.2, -0.15) is 0 Å². The van der Waals surface area contributed by atoms with Crippen molar-refractivity contribution in [2.24, 2.45) is 0 Å². The molecule has 0 radical (unpaired) electrons. The van der Waals surface area contributed by atoms with Crippen LogP contribution in [0.1, 0.15) is 29.9 Å². The van der Waals surface area contributed by atoms with Crippen molar-refractivity contribution < 1.29 is 26.8 Å². The Balaban J connectivity index is 1.76. The maximum absolute atomic E-state index is 13.2. The van der Waals surface area contributed by atoms with Crippen molar-refractivity contribution >= 4 is 27.5 Å². The Morgan fingerprint density at radius 3 is 2.25 bits per heavy atom. The van der Waals surface area contributed by atoms with Gasteiger partial charge in [-0.15, -0.1) is 0 Å². The lowest BCUT2D eigenvalue weighted by molar-refractivity contribution is -0.118. The SMILES string of the molecule is CC(C)(CF)NS(=O)(=O)c1ccc(NC(=O)[C@H](Cc2ccccn2)NC(=O)c2ccc(F)cc2)cc1. The average Bonchev–Trinajstić information content (AvgIpc) is 2.84. The van der Waals surface area contributed by atoms with Gasteiger partial charge in [0, 0.05) is 29.6 Å². The number of alkyl halides is 1. The fourth-order valence-corrected chi connectivity index (χ4v) is 4.57. The minimum Gasteiger partial charge on any atom is -0.340 e. The van der Waals surface area contributed by atoms with Crippen LogP contribution < -0.4 is 15.4 Å². The second-order valence-corrected chi connectivity index (χ2v) is 10.4. The fraction of sp³-hybridized carbons (Fsp3) is 0.240. The van der Waals surface area contributed by atoms with Crippen LogP contribution in [0, 0.1) is 5.82 Å². The number of benzene rings is 2. The first-order valence-corrected chi connectivity index (χ1v) is 12.4. The number of hydrogen-bond acceptors (Lipinski definition) is 5. The van der Waals surface area contributed by atoms with Crippen LogP contribution in [0.3, 0.4) is 0 Å². The minimum absolute atomic E-state index is 0.0777. The van der Waals surface area contributed by atoms with Gasteiger partial charge in [0.15, 0.2) is 0 Å². The van der Waals surface area contributed by atoms with Crippen LogP contribution in [-0.4, -0.2) is 43.5 Å². The molecule has 190 valence electrons. The molecule has 1 aromatic heterocycles. The Labute approximate surface area is 208 Å². The van der Waals surface area contributed by atoms with Crippen molar-refractivity contribution in [1.29, 1.82) is 0 Å². The van der Waals surface area contributed by atoms with Crippen LogP contribution in [0.4, 0.5) is 14.5 Å². The second-order valence-electron chi connectivity index (χ2n) is 8.69. The maximum Gasteiger partial charge on any atom is 0.251 e. The number of nitrogens with one attached hydrogen (secondary N) is 3. The third-order valence-electron chi connectivity index (χ3n) is 5.04. The highest BCUT2D eigenvalue weighted by Crippen LogP contribution is 2.17. The summed E-state index contributed by atoms with van der Waals surface area (Å²) in [6.45, 7) is 1.95. The largest absolute Gasteiger partial charge is 0.340 e. The molecule has 8 nitrogen and oxygen atoms in total. The van der Waals surface area contributed by atoms with Crippen LogP contribution >= 0.6 is 0 Å². The molecular weight excluding hydrogens is 490 g/mol. The van der Waals surface area contributed by atoms with E-state index in [4.69, 9.17) is 0 Å². The van der Waals surface area contributed by atoms with Gasteiger partial charge in [-0.1, -0.05) is 6.07 Å². The molecule has 11 heteroatoms. The van der Waals surface area contributed by atoms with E-state index in [1.54, 1.807) is 24.4 Å². The Kier molecular flexibility index (Phi) is 8.49. The summed E-state index contributed by atoms with van der Waals surface area (Å²) in [7, 11) is -3.98. The first-order valence-electron chi connectivity index (χ1n) is 11.0. The molecule has 0 fully saturated rings. The van der Waals surface area contributed by atoms with Crippen LogP contribution in [0.25, 0.3) is 0 Å². The smallest absolute Gasteiger partial charge is 0.251 e. The highest BCUT2D eigenvalue weighted by Gasteiger charge is 2.27. The van der Waals surface area contributed by atoms with E-state index in [1.165, 1.54) is 50.2 Å². The van der Waals surface area contributed by atoms with E-state index in [2.05, 4.69) is 20.3 Å². The number of amides is 2. The van der Waals surface area contributed by atoms with Crippen LogP contribution in [-0.2, 0) is 21.2 Å². The number of sulfonamides is 1. The number of aromatic nitrogens is 1. The first kappa shape index (κ1) is 26.9. The number of pyridine rings is 1. The van der Waals surface area contributed by atoms with Crippen molar-refractivity contribution in [2.45, 2.75) is 36.7 Å². The predicted octanol–water partition coefficient (Wildman–Crippen LogP) is 3.23. The van der Waals surface area contributed by atoms with E-state index < -0.39 is 45.9 Å². The highest BCUT2D eigenvalue weighted by molar-refractivity contribution is 7.89. The lowest BCUT2D eigenvalue weighted by atomic mass is 10.1. The molecule has 3 aromatic rings. The second kappa shape index (κ2) is 11.4. The van der Waals surface area contributed by atoms with Gasteiger partial charge in [0.05, 0.1) is 10.4 Å². The molecule has 1 heterocycles. The molecule has 0 saturated heterocycles. The lowest BCUT2D eigenvalue weighted by Gasteiger charge is -2.22. The van der Waals surface area contributed by atoms with Gasteiger partial charge >= 0.3 is 0 Å². The molecule has 2 aromatic carbocycles. The summed E-state index contributed by atoms with van der Waals surface area (Å²) in [5.41, 5.74) is -0.257. The number of nitrogens with zero attached hydrogens (tertiary/aromatic N) is 1. The van der Waals surface area contributed by atoms with Crippen LogP contribution in [0.15, 0.2) is 77.8 Å². The summed E-state index contributed by atoms with van der Waals surface area (Å²) < 4.78 is 53.5. The van der Waals surface area contributed by atoms with E-state index in [9.17, 15) is 26.8 Å². The van der Waals surface area contributed by atoms with Crippen molar-refractivity contribution in [2.75, 3.05) is 12.0 Å². The lowest BCUT2D eigenvalue weighted by Crippen LogP contribution is -2.45. The summed E-state index contributed by atoms with van der Waals surface area (Å²) in [6.07, 6.45) is 1.64. The summed E-state index contributed by atoms with van der Waals surface area (Å²) >= 11 is 0. The van der Waals surface area contributed by atoms with Crippen LogP contribution in [0.2, 0.25) is 0 Å². The van der Waals surface area contributed by atoms with Gasteiger partial charge < -0.3 is 10.6 Å². The van der Waals surface area contributed by atoms with E-state index in [0.29, 0.717) is 5.69 Å². The average molecular weight is 517 g/mol. The third kappa shape index (κ3) is 7.40. The van der Waals surface area contributed by atoms with Crippen LogP contribution in [0.5, 0.6) is 0 Å². The number of hydrogen-bond donors (Lipinski definition) is 3. The number of rotatable bonds is 10. The first-order chi connectivity index (χ1) is 17.0. The Morgan fingerprint density at radius 2 is 1.67 bits per heavy atom. The topological polar surface area (TPSA) is 117 Å². The van der Waals surface area contributed by atoms with E-state index >= 15 is 0 Å². The molecule has 2 amide bonds. The minimum atomic E-state index is -3.98. The molecule has 0 aliphatic carbocycles. The maximum atomic E-state index is 13.2. The molecule has 0 bridgehead atoms. The van der Waals surface area contributed by atoms with Gasteiger partial charge in [-0.05, 0) is 74.5 Å². The number of carbonyl (C=O) groups is 2. The Bertz CT molecular complexity index is 1300. The zero-order valence-corrected chi connectivity index (χ0v) is 20.5. The van der Waals surface area contributed by atoms with Crippen molar-refractivity contribution in [3.8, 4) is 0 Å². The summed E-state index contributed by atoms with van der Waals surface area (Å²) in [4.78, 5) is 29.8. The molecule has 36 heavy (non-hydrogen) atoms. The number of anilines is 1. The molecule has 3 rings (SSSR count). The summed E-state index contributed by atoms with van der Waals surface area (Å²) in [6, 6.07) is 14.3. The van der Waals surface area contributed by atoms with E-state index in [0.717, 1.165) is 12.1 Å². The Morgan fingerprint density at radius 1 is 1.00 bits per heavy atom. The van der Waals surface area contributed by atoms with Gasteiger partial charge in [-0.3, -0.25) is 14.6 Å². The van der Waals surface area contributed by atoms with Gasteiger partial charge in [0.25, 0.3) is 5.91 Å². The quantitative estimate of drug-likeness (QED) is 0.383. The van der Waals surface area contributed by atoms with Crippen molar-refractivity contribution in [1.82, 2.24) is 15.0 Å². The molecule has 3 N–H and O–H groups in total. The molecule has 1 atom stereocenters. The van der Waals surface area contributed by atoms with E-state index in [1.807, 2.05) is 0 Å². The number of carbonyl (C=O) groups excluding carboxylic acids is 2. The van der Waals surface area contributed by atoms with Gasteiger partial charge in [0.1, 0.15) is 18.5 Å².